The van der Waals surface area contributed by atoms with Crippen molar-refractivity contribution < 1.29 is 15.4 Å². The van der Waals surface area contributed by atoms with Crippen molar-refractivity contribution in [3.05, 3.63) is 11.9 Å². The Morgan fingerprint density at radius 1 is 1.57 bits per heavy atom. The highest BCUT2D eigenvalue weighted by Gasteiger charge is 2.46. The van der Waals surface area contributed by atoms with E-state index < -0.39 is 0 Å². The third-order valence-corrected chi connectivity index (χ3v) is 5.06. The van der Waals surface area contributed by atoms with Crippen molar-refractivity contribution in [2.75, 3.05) is 27.2 Å². The van der Waals surface area contributed by atoms with Crippen molar-refractivity contribution in [2.24, 2.45) is 11.8 Å². The number of carbonyl (C=O) groups excluding carboxylic acids is 1. The Morgan fingerprint density at radius 2 is 2.38 bits per heavy atom. The molecule has 7 nitrogen and oxygen atoms in total. The molecule has 21 heavy (non-hydrogen) atoms. The molecule has 1 unspecified atom stereocenters. The topological polar surface area (TPSA) is 83.1 Å². The van der Waals surface area contributed by atoms with E-state index in [-0.39, 0.29) is 5.92 Å². The van der Waals surface area contributed by atoms with Crippen molar-refractivity contribution in [2.45, 2.75) is 32.0 Å². The Bertz CT molecular complexity index is 513. The molecule has 3 saturated heterocycles. The number of hydrogen-bond donors (Lipinski definition) is 2. The van der Waals surface area contributed by atoms with Gasteiger partial charge in [0.2, 0.25) is 5.91 Å². The van der Waals surface area contributed by atoms with Gasteiger partial charge in [0.25, 0.3) is 0 Å². The summed E-state index contributed by atoms with van der Waals surface area (Å²) >= 11 is 0. The van der Waals surface area contributed by atoms with E-state index in [0.29, 0.717) is 24.4 Å². The van der Waals surface area contributed by atoms with Gasteiger partial charge in [-0.05, 0) is 5.92 Å². The zero-order valence-electron chi connectivity index (χ0n) is 13.0. The second-order valence-electron chi connectivity index (χ2n) is 6.61. The van der Waals surface area contributed by atoms with Gasteiger partial charge in [-0.15, -0.1) is 5.10 Å². The first kappa shape index (κ1) is 14.5. The van der Waals surface area contributed by atoms with E-state index in [4.69, 9.17) is 0 Å². The van der Waals surface area contributed by atoms with Gasteiger partial charge in [0, 0.05) is 26.9 Å². The van der Waals surface area contributed by atoms with Gasteiger partial charge in [-0.3, -0.25) is 4.79 Å². The van der Waals surface area contributed by atoms with Crippen molar-refractivity contribution in [1.29, 1.82) is 0 Å². The lowest BCUT2D eigenvalue weighted by Crippen LogP contribution is -3.20. The van der Waals surface area contributed by atoms with E-state index >= 15 is 0 Å². The largest absolute Gasteiger partial charge is 0.352 e. The van der Waals surface area contributed by atoms with Crippen molar-refractivity contribution in [1.82, 2.24) is 19.9 Å². The molecule has 1 aromatic rings. The van der Waals surface area contributed by atoms with Crippen LogP contribution >= 0.6 is 0 Å². The van der Waals surface area contributed by atoms with Gasteiger partial charge in [0.15, 0.2) is 0 Å². The summed E-state index contributed by atoms with van der Waals surface area (Å²) in [5, 5.41) is 8.29. The summed E-state index contributed by atoms with van der Waals surface area (Å²) in [6.45, 7) is 3.75. The molecule has 0 spiro atoms. The quantitative estimate of drug-likeness (QED) is 0.639. The average Bonchev–Trinajstić information content (AvgIpc) is 2.94. The molecule has 0 aliphatic carbocycles. The third kappa shape index (κ3) is 2.80. The van der Waals surface area contributed by atoms with Gasteiger partial charge in [-0.1, -0.05) is 5.21 Å². The van der Waals surface area contributed by atoms with Crippen molar-refractivity contribution >= 4 is 5.91 Å². The highest BCUT2D eigenvalue weighted by Crippen LogP contribution is 2.28. The van der Waals surface area contributed by atoms with Gasteiger partial charge in [-0.2, -0.15) is 0 Å². The Hall–Kier alpha value is -1.47. The maximum atomic E-state index is 12.3. The summed E-state index contributed by atoms with van der Waals surface area (Å²) in [5.74, 6) is 1.06. The van der Waals surface area contributed by atoms with Crippen LogP contribution in [0.5, 0.6) is 0 Å². The average molecular weight is 294 g/mol. The maximum Gasteiger partial charge on any atom is 0.231 e. The van der Waals surface area contributed by atoms with Crippen LogP contribution in [0.2, 0.25) is 0 Å². The number of hydrogen-bond acceptors (Lipinski definition) is 3. The molecular weight excluding hydrogens is 268 g/mol. The Kier molecular flexibility index (Phi) is 3.95. The van der Waals surface area contributed by atoms with Crippen LogP contribution in [0.3, 0.4) is 0 Å². The van der Waals surface area contributed by atoms with E-state index in [0.717, 1.165) is 25.2 Å². The van der Waals surface area contributed by atoms with Crippen LogP contribution in [0.15, 0.2) is 6.20 Å². The normalized spacial score (nSPS) is 31.4. The molecule has 1 amide bonds. The standard InChI is InChI=1S/C14H24N6O/c1-18(2)14(21)13-9-19-4-3-10(13)5-12(19)8-20-7-11(6-15)16-17-20/h7,10,12-13H,3-6,8-9,15H2,1-2H3/p+2/t10-,12-,13+/m1/s1. The molecule has 0 aromatic carbocycles. The minimum atomic E-state index is 0.214. The van der Waals surface area contributed by atoms with E-state index in [9.17, 15) is 4.79 Å². The van der Waals surface area contributed by atoms with Crippen LogP contribution in [-0.4, -0.2) is 59.0 Å². The molecule has 4 atom stereocenters. The smallest absolute Gasteiger partial charge is 0.231 e. The number of amides is 1. The Morgan fingerprint density at radius 3 is 2.95 bits per heavy atom. The number of nitrogens with one attached hydrogen (secondary N) is 1. The van der Waals surface area contributed by atoms with E-state index in [2.05, 4.69) is 16.0 Å². The molecule has 3 aliphatic rings. The molecule has 116 valence electrons. The Balaban J connectivity index is 1.65. The molecule has 2 bridgehead atoms. The number of aromatic nitrogens is 3. The van der Waals surface area contributed by atoms with Gasteiger partial charge >= 0.3 is 0 Å². The monoisotopic (exact) mass is 294 g/mol. The maximum absolute atomic E-state index is 12.3. The second kappa shape index (κ2) is 5.73. The predicted octanol–water partition coefficient (Wildman–Crippen LogP) is -2.60. The van der Waals surface area contributed by atoms with Crippen molar-refractivity contribution in [3.8, 4) is 0 Å². The van der Waals surface area contributed by atoms with Crippen molar-refractivity contribution in [3.63, 3.8) is 0 Å². The zero-order valence-corrected chi connectivity index (χ0v) is 13.0. The summed E-state index contributed by atoms with van der Waals surface area (Å²) in [4.78, 5) is 15.6. The van der Waals surface area contributed by atoms with Gasteiger partial charge in [-0.25, -0.2) is 4.68 Å². The summed E-state index contributed by atoms with van der Waals surface area (Å²) in [6.07, 6.45) is 4.30. The first-order valence-electron chi connectivity index (χ1n) is 7.82. The molecule has 4 N–H and O–H groups in total. The highest BCUT2D eigenvalue weighted by atomic mass is 16.2. The molecule has 3 aliphatic heterocycles. The Labute approximate surface area is 125 Å². The van der Waals surface area contributed by atoms with E-state index in [1.807, 2.05) is 25.0 Å². The third-order valence-electron chi connectivity index (χ3n) is 5.06. The minimum Gasteiger partial charge on any atom is -0.352 e. The molecule has 4 rings (SSSR count). The SMILES string of the molecule is CN(C)C(=O)[C@H]1C[NH+]2CC[C@@H]1C[C@@H]2Cn1cc(C[NH3+])nn1. The second-order valence-corrected chi connectivity index (χ2v) is 6.61. The molecule has 1 aromatic heterocycles. The summed E-state index contributed by atoms with van der Waals surface area (Å²) in [7, 11) is 3.73. The summed E-state index contributed by atoms with van der Waals surface area (Å²) in [5.41, 5.74) is 4.78. The number of fused-ring (bicyclic) bond motifs is 3. The number of quaternary nitrogens is 2. The molecule has 4 heterocycles. The van der Waals surface area contributed by atoms with E-state index in [1.165, 1.54) is 13.0 Å². The highest BCUT2D eigenvalue weighted by molar-refractivity contribution is 5.78. The molecule has 0 radical (unpaired) electrons. The number of carbonyl (C=O) groups is 1. The van der Waals surface area contributed by atoms with Crippen LogP contribution in [0.25, 0.3) is 0 Å². The molecular formula is C14H26N6O+2. The fraction of sp³-hybridized carbons (Fsp3) is 0.786. The molecule has 7 heteroatoms. The van der Waals surface area contributed by atoms with Gasteiger partial charge in [0.1, 0.15) is 18.3 Å². The number of rotatable bonds is 4. The first-order chi connectivity index (χ1) is 10.1. The van der Waals surface area contributed by atoms with Crippen LogP contribution in [0.4, 0.5) is 0 Å². The molecule has 3 fully saturated rings. The zero-order chi connectivity index (χ0) is 15.0. The van der Waals surface area contributed by atoms with Crippen LogP contribution in [0, 0.1) is 11.8 Å². The number of nitrogens with zero attached hydrogens (tertiary/aromatic N) is 4. The lowest BCUT2D eigenvalue weighted by Gasteiger charge is -2.46. The minimum absolute atomic E-state index is 0.214. The van der Waals surface area contributed by atoms with Crippen LogP contribution < -0.4 is 10.6 Å². The summed E-state index contributed by atoms with van der Waals surface area (Å²) < 4.78 is 1.95. The fourth-order valence-electron chi connectivity index (χ4n) is 3.90. The van der Waals surface area contributed by atoms with Gasteiger partial charge in [0.05, 0.1) is 31.7 Å². The van der Waals surface area contributed by atoms with Gasteiger partial charge < -0.3 is 15.5 Å². The summed E-state index contributed by atoms with van der Waals surface area (Å²) in [6, 6.07) is 0.564. The van der Waals surface area contributed by atoms with Crippen LogP contribution in [0.1, 0.15) is 18.5 Å². The lowest BCUT2D eigenvalue weighted by molar-refractivity contribution is -0.945. The molecule has 0 saturated carbocycles. The number of piperidine rings is 3. The predicted molar refractivity (Wildman–Crippen MR) is 76.0 cm³/mol. The fourth-order valence-corrected chi connectivity index (χ4v) is 3.90. The van der Waals surface area contributed by atoms with E-state index in [1.54, 1.807) is 9.80 Å². The van der Waals surface area contributed by atoms with Crippen LogP contribution in [-0.2, 0) is 17.9 Å². The lowest BCUT2D eigenvalue weighted by atomic mass is 9.75. The first-order valence-corrected chi connectivity index (χ1v) is 7.82.